The lowest BCUT2D eigenvalue weighted by Gasteiger charge is -2.17. The summed E-state index contributed by atoms with van der Waals surface area (Å²) in [6, 6.07) is 0.498. The van der Waals surface area contributed by atoms with E-state index in [0.29, 0.717) is 6.04 Å². The Morgan fingerprint density at radius 1 is 1.62 bits per heavy atom. The van der Waals surface area contributed by atoms with Gasteiger partial charge in [0.1, 0.15) is 0 Å². The van der Waals surface area contributed by atoms with E-state index in [2.05, 4.69) is 21.3 Å². The molecule has 0 bridgehead atoms. The molecule has 45 valence electrons. The lowest BCUT2D eigenvalue weighted by molar-refractivity contribution is -0.0817. The first-order valence-corrected chi connectivity index (χ1v) is 3.05. The second-order valence-corrected chi connectivity index (χ2v) is 2.26. The van der Waals surface area contributed by atoms with Gasteiger partial charge in [0.15, 0.2) is 0 Å². The fraction of sp³-hybridized carbons (Fsp3) is 1.00. The van der Waals surface area contributed by atoms with Crippen molar-refractivity contribution in [3.05, 3.63) is 0 Å². The van der Waals surface area contributed by atoms with E-state index < -0.39 is 0 Å². The Hall–Kier alpha value is -0.0151. The van der Waals surface area contributed by atoms with Crippen molar-refractivity contribution < 1.29 is 4.84 Å². The Bertz CT molecular complexity index is 70.8. The zero-order valence-electron chi connectivity index (χ0n) is 5.42. The predicted molar refractivity (Wildman–Crippen MR) is 33.5 cm³/mol. The third-order valence-electron chi connectivity index (χ3n) is 1.18. The van der Waals surface area contributed by atoms with E-state index in [1.54, 1.807) is 0 Å². The summed E-state index contributed by atoms with van der Waals surface area (Å²) < 4.78 is 0. The van der Waals surface area contributed by atoms with Gasteiger partial charge in [0.2, 0.25) is 7.41 Å². The second kappa shape index (κ2) is 2.51. The summed E-state index contributed by atoms with van der Waals surface area (Å²) in [7, 11) is 2.09. The monoisotopic (exact) mass is 112 g/mol. The summed E-state index contributed by atoms with van der Waals surface area (Å²) in [5, 5.41) is 0. The van der Waals surface area contributed by atoms with Crippen LogP contribution in [0.2, 0.25) is 6.32 Å². The maximum Gasteiger partial charge on any atom is 0.249 e. The van der Waals surface area contributed by atoms with Crippen LogP contribution >= 0.6 is 0 Å². The van der Waals surface area contributed by atoms with E-state index in [1.807, 2.05) is 4.97 Å². The molecule has 1 rings (SSSR count). The van der Waals surface area contributed by atoms with Gasteiger partial charge in [-0.1, -0.05) is 0 Å². The Morgan fingerprint density at radius 2 is 2.38 bits per heavy atom. The van der Waals surface area contributed by atoms with Crippen molar-refractivity contribution in [2.75, 3.05) is 6.61 Å². The van der Waals surface area contributed by atoms with Gasteiger partial charge in [-0.15, -0.1) is 0 Å². The van der Waals surface area contributed by atoms with E-state index >= 15 is 0 Å². The third-order valence-corrected chi connectivity index (χ3v) is 1.18. The fourth-order valence-electron chi connectivity index (χ4n) is 0.751. The van der Waals surface area contributed by atoms with E-state index in [4.69, 9.17) is 4.84 Å². The molecule has 0 N–H and O–H groups in total. The van der Waals surface area contributed by atoms with Crippen molar-refractivity contribution in [1.82, 2.24) is 4.97 Å². The minimum atomic E-state index is 0.498. The van der Waals surface area contributed by atoms with Gasteiger partial charge in [-0.05, 0) is 20.2 Å². The number of hydroxylamine groups is 1. The summed E-state index contributed by atoms with van der Waals surface area (Å²) in [6.45, 7) is 5.09. The van der Waals surface area contributed by atoms with Crippen LogP contribution in [-0.2, 0) is 4.84 Å². The van der Waals surface area contributed by atoms with E-state index in [9.17, 15) is 0 Å². The van der Waals surface area contributed by atoms with Gasteiger partial charge in [-0.3, -0.25) is 0 Å². The van der Waals surface area contributed by atoms with Crippen LogP contribution in [0.3, 0.4) is 0 Å². The summed E-state index contributed by atoms with van der Waals surface area (Å²) in [5.41, 5.74) is 0. The van der Waals surface area contributed by atoms with Gasteiger partial charge in [0.25, 0.3) is 0 Å². The minimum Gasteiger partial charge on any atom is -0.312 e. The average Bonchev–Trinajstić information content (AvgIpc) is 2.12. The van der Waals surface area contributed by atoms with Gasteiger partial charge in [-0.25, -0.2) is 4.97 Å². The quantitative estimate of drug-likeness (QED) is 0.462. The molecule has 0 amide bonds. The molecule has 0 aromatic rings. The molecule has 2 nitrogen and oxygen atoms in total. The highest BCUT2D eigenvalue weighted by atomic mass is 16.7. The minimum absolute atomic E-state index is 0.498. The maximum absolute atomic E-state index is 5.19. The second-order valence-electron chi connectivity index (χ2n) is 2.26. The predicted octanol–water partition coefficient (Wildman–Crippen LogP) is 0.679. The molecular formula is C5H11BNO. The molecule has 0 atom stereocenters. The normalized spacial score (nSPS) is 21.9. The first kappa shape index (κ1) is 6.11. The standard InChI is InChI=1S/C5H11BNO/c1-5(2)7-6-3-4-8-7/h5H,3-4H2,1-2H3. The van der Waals surface area contributed by atoms with Crippen molar-refractivity contribution in [3.8, 4) is 0 Å². The molecule has 8 heavy (non-hydrogen) atoms. The summed E-state index contributed by atoms with van der Waals surface area (Å²) in [4.78, 5) is 7.09. The number of hydrogen-bond donors (Lipinski definition) is 0. The van der Waals surface area contributed by atoms with Crippen LogP contribution < -0.4 is 0 Å². The molecule has 1 heterocycles. The molecule has 0 unspecified atom stereocenters. The van der Waals surface area contributed by atoms with Crippen LogP contribution in [0.4, 0.5) is 0 Å². The zero-order chi connectivity index (χ0) is 5.98. The molecule has 1 aliphatic heterocycles. The van der Waals surface area contributed by atoms with Crippen molar-refractivity contribution in [2.45, 2.75) is 26.2 Å². The van der Waals surface area contributed by atoms with Gasteiger partial charge in [-0.2, -0.15) is 0 Å². The molecule has 3 heteroatoms. The Kier molecular flexibility index (Phi) is 1.92. The Labute approximate surface area is 51.0 Å². The van der Waals surface area contributed by atoms with Gasteiger partial charge < -0.3 is 4.84 Å². The van der Waals surface area contributed by atoms with Crippen LogP contribution in [-0.4, -0.2) is 25.0 Å². The van der Waals surface area contributed by atoms with Crippen molar-refractivity contribution in [3.63, 3.8) is 0 Å². The lowest BCUT2D eigenvalue weighted by atomic mass is 9.90. The Morgan fingerprint density at radius 3 is 2.62 bits per heavy atom. The molecule has 1 fully saturated rings. The molecule has 0 aliphatic carbocycles. The highest BCUT2D eigenvalue weighted by Gasteiger charge is 2.16. The number of nitrogens with zero attached hydrogens (tertiary/aromatic N) is 1. The topological polar surface area (TPSA) is 12.5 Å². The average molecular weight is 112 g/mol. The van der Waals surface area contributed by atoms with Gasteiger partial charge >= 0.3 is 0 Å². The van der Waals surface area contributed by atoms with Crippen LogP contribution in [0.15, 0.2) is 0 Å². The SMILES string of the molecule is CC(C)N1[B]CCO1. The molecule has 1 saturated heterocycles. The zero-order valence-corrected chi connectivity index (χ0v) is 5.42. The molecule has 0 aromatic carbocycles. The summed E-state index contributed by atoms with van der Waals surface area (Å²) in [6.07, 6.45) is 1.07. The van der Waals surface area contributed by atoms with Crippen LogP contribution in [0.5, 0.6) is 0 Å². The third kappa shape index (κ3) is 1.23. The molecule has 0 saturated carbocycles. The van der Waals surface area contributed by atoms with Gasteiger partial charge in [0.05, 0.1) is 6.61 Å². The van der Waals surface area contributed by atoms with Gasteiger partial charge in [0, 0.05) is 6.04 Å². The van der Waals surface area contributed by atoms with Crippen molar-refractivity contribution in [2.24, 2.45) is 0 Å². The highest BCUT2D eigenvalue weighted by Crippen LogP contribution is 2.05. The largest absolute Gasteiger partial charge is 0.312 e. The fourth-order valence-corrected chi connectivity index (χ4v) is 0.751. The molecule has 1 radical (unpaired) electrons. The van der Waals surface area contributed by atoms with E-state index in [0.717, 1.165) is 12.9 Å². The lowest BCUT2D eigenvalue weighted by Crippen LogP contribution is -2.27. The van der Waals surface area contributed by atoms with Crippen molar-refractivity contribution in [1.29, 1.82) is 0 Å². The van der Waals surface area contributed by atoms with Crippen LogP contribution in [0.1, 0.15) is 13.8 Å². The van der Waals surface area contributed by atoms with Crippen LogP contribution in [0, 0.1) is 0 Å². The first-order chi connectivity index (χ1) is 3.80. The van der Waals surface area contributed by atoms with E-state index in [-0.39, 0.29) is 0 Å². The van der Waals surface area contributed by atoms with Crippen LogP contribution in [0.25, 0.3) is 0 Å². The molecule has 1 aliphatic rings. The summed E-state index contributed by atoms with van der Waals surface area (Å²) in [5.74, 6) is 0. The highest BCUT2D eigenvalue weighted by molar-refractivity contribution is 6.32. The Balaban J connectivity index is 2.24. The molecule has 0 spiro atoms. The van der Waals surface area contributed by atoms with E-state index in [1.165, 1.54) is 0 Å². The number of hydrogen-bond acceptors (Lipinski definition) is 2. The molecule has 0 aromatic heterocycles. The van der Waals surface area contributed by atoms with Crippen molar-refractivity contribution >= 4 is 7.41 Å². The number of rotatable bonds is 1. The smallest absolute Gasteiger partial charge is 0.249 e. The first-order valence-electron chi connectivity index (χ1n) is 3.05. The molecular weight excluding hydrogens is 101 g/mol. The maximum atomic E-state index is 5.19. The summed E-state index contributed by atoms with van der Waals surface area (Å²) >= 11 is 0.